The van der Waals surface area contributed by atoms with Crippen molar-refractivity contribution in [1.82, 2.24) is 10.2 Å². The van der Waals surface area contributed by atoms with Gasteiger partial charge in [-0.05, 0) is 29.7 Å². The van der Waals surface area contributed by atoms with E-state index in [1.165, 1.54) is 12.1 Å². The normalized spacial score (nSPS) is 24.7. The number of fused-ring (bicyclic) bond motifs is 1. The smallest absolute Gasteiger partial charge is 0.254 e. The molecular formula is C19H19Cl2FN2O. The van der Waals surface area contributed by atoms with Crippen LogP contribution in [0.3, 0.4) is 0 Å². The van der Waals surface area contributed by atoms with Crippen LogP contribution in [0.5, 0.6) is 0 Å². The van der Waals surface area contributed by atoms with Crippen molar-refractivity contribution in [2.45, 2.75) is 6.04 Å². The molecule has 2 saturated heterocycles. The molecule has 1 N–H and O–H groups in total. The van der Waals surface area contributed by atoms with E-state index in [2.05, 4.69) is 17.4 Å². The number of likely N-dealkylation sites (tertiary alicyclic amines) is 1. The molecule has 2 aromatic carbocycles. The number of nitrogens with zero attached hydrogens (tertiary/aromatic N) is 1. The van der Waals surface area contributed by atoms with E-state index < -0.39 is 5.82 Å². The van der Waals surface area contributed by atoms with Crippen molar-refractivity contribution in [1.29, 1.82) is 0 Å². The highest BCUT2D eigenvalue weighted by atomic mass is 35.5. The largest absolute Gasteiger partial charge is 0.331 e. The highest BCUT2D eigenvalue weighted by molar-refractivity contribution is 6.31. The van der Waals surface area contributed by atoms with Gasteiger partial charge >= 0.3 is 0 Å². The molecule has 2 heterocycles. The van der Waals surface area contributed by atoms with Crippen molar-refractivity contribution in [2.24, 2.45) is 11.8 Å². The molecule has 0 aromatic heterocycles. The lowest BCUT2D eigenvalue weighted by atomic mass is 9.89. The Bertz CT molecular complexity index is 751. The first-order chi connectivity index (χ1) is 11.6. The van der Waals surface area contributed by atoms with Crippen LogP contribution < -0.4 is 5.32 Å². The first kappa shape index (κ1) is 18.2. The highest BCUT2D eigenvalue weighted by Gasteiger charge is 2.46. The van der Waals surface area contributed by atoms with Gasteiger partial charge in [0.05, 0.1) is 6.04 Å². The quantitative estimate of drug-likeness (QED) is 0.855. The van der Waals surface area contributed by atoms with Gasteiger partial charge in [-0.3, -0.25) is 4.79 Å². The number of carbonyl (C=O) groups excluding carboxylic acids is 1. The SMILES string of the molecule is Cl.O=C(c1cc(F)cc(Cl)c1)N1C[C@@H]2CNC[C@@H]2[C@@H]1c1ccccc1. The van der Waals surface area contributed by atoms with Gasteiger partial charge in [-0.1, -0.05) is 41.9 Å². The molecule has 4 rings (SSSR count). The lowest BCUT2D eigenvalue weighted by molar-refractivity contribution is 0.0713. The summed E-state index contributed by atoms with van der Waals surface area (Å²) in [5, 5.41) is 3.67. The number of hydrogen-bond donors (Lipinski definition) is 1. The van der Waals surface area contributed by atoms with Crippen LogP contribution in [0, 0.1) is 17.7 Å². The molecule has 2 aliphatic rings. The fourth-order valence-corrected chi connectivity index (χ4v) is 4.27. The lowest BCUT2D eigenvalue weighted by Gasteiger charge is -2.28. The number of halogens is 3. The topological polar surface area (TPSA) is 32.3 Å². The Balaban J connectivity index is 0.00000182. The Morgan fingerprint density at radius 3 is 2.64 bits per heavy atom. The average Bonchev–Trinajstić information content (AvgIpc) is 3.14. The molecule has 0 unspecified atom stereocenters. The van der Waals surface area contributed by atoms with E-state index in [0.717, 1.165) is 18.7 Å². The molecule has 0 saturated carbocycles. The predicted octanol–water partition coefficient (Wildman–Crippen LogP) is 3.93. The number of carbonyl (C=O) groups is 1. The minimum Gasteiger partial charge on any atom is -0.331 e. The fourth-order valence-electron chi connectivity index (χ4n) is 4.05. The highest BCUT2D eigenvalue weighted by Crippen LogP contribution is 2.43. The summed E-state index contributed by atoms with van der Waals surface area (Å²) in [5.74, 6) is 0.186. The van der Waals surface area contributed by atoms with Gasteiger partial charge < -0.3 is 10.2 Å². The third-order valence-corrected chi connectivity index (χ3v) is 5.29. The molecule has 0 radical (unpaired) electrons. The van der Waals surface area contributed by atoms with Crippen LogP contribution in [0.25, 0.3) is 0 Å². The Kier molecular flexibility index (Phi) is 5.32. The summed E-state index contributed by atoms with van der Waals surface area (Å²) >= 11 is 5.93. The second-order valence-electron chi connectivity index (χ2n) is 6.55. The van der Waals surface area contributed by atoms with E-state index in [4.69, 9.17) is 11.6 Å². The molecule has 3 nitrogen and oxygen atoms in total. The third-order valence-electron chi connectivity index (χ3n) is 5.08. The summed E-state index contributed by atoms with van der Waals surface area (Å²) in [4.78, 5) is 14.9. The number of benzene rings is 2. The van der Waals surface area contributed by atoms with Crippen molar-refractivity contribution in [2.75, 3.05) is 19.6 Å². The fraction of sp³-hybridized carbons (Fsp3) is 0.316. The molecule has 0 aliphatic carbocycles. The van der Waals surface area contributed by atoms with Gasteiger partial charge in [0.1, 0.15) is 5.82 Å². The zero-order valence-corrected chi connectivity index (χ0v) is 15.1. The zero-order valence-electron chi connectivity index (χ0n) is 13.5. The number of rotatable bonds is 2. The van der Waals surface area contributed by atoms with E-state index in [1.54, 1.807) is 6.07 Å². The van der Waals surface area contributed by atoms with E-state index >= 15 is 0 Å². The molecule has 0 spiro atoms. The number of hydrogen-bond acceptors (Lipinski definition) is 2. The third kappa shape index (κ3) is 3.39. The number of nitrogens with one attached hydrogen (secondary N) is 1. The maximum Gasteiger partial charge on any atom is 0.254 e. The Morgan fingerprint density at radius 2 is 1.92 bits per heavy atom. The molecule has 1 amide bonds. The Labute approximate surface area is 157 Å². The molecule has 2 aliphatic heterocycles. The number of amides is 1. The molecule has 132 valence electrons. The van der Waals surface area contributed by atoms with Gasteiger partial charge in [0.25, 0.3) is 5.91 Å². The van der Waals surface area contributed by atoms with E-state index in [0.29, 0.717) is 23.9 Å². The van der Waals surface area contributed by atoms with Crippen molar-refractivity contribution < 1.29 is 9.18 Å². The molecule has 3 atom stereocenters. The van der Waals surface area contributed by atoms with Crippen LogP contribution in [0.2, 0.25) is 5.02 Å². The van der Waals surface area contributed by atoms with Crippen LogP contribution in [-0.4, -0.2) is 30.4 Å². The van der Waals surface area contributed by atoms with Crippen molar-refractivity contribution in [3.63, 3.8) is 0 Å². The monoisotopic (exact) mass is 380 g/mol. The van der Waals surface area contributed by atoms with Crippen LogP contribution in [0.4, 0.5) is 4.39 Å². The van der Waals surface area contributed by atoms with Crippen molar-refractivity contribution in [3.05, 3.63) is 70.5 Å². The summed E-state index contributed by atoms with van der Waals surface area (Å²) in [5.41, 5.74) is 1.44. The minimum absolute atomic E-state index is 0. The summed E-state index contributed by atoms with van der Waals surface area (Å²) in [6.45, 7) is 2.50. The van der Waals surface area contributed by atoms with Crippen LogP contribution in [0.15, 0.2) is 48.5 Å². The second kappa shape index (κ2) is 7.32. The summed E-state index contributed by atoms with van der Waals surface area (Å²) in [7, 11) is 0. The van der Waals surface area contributed by atoms with E-state index in [9.17, 15) is 9.18 Å². The van der Waals surface area contributed by atoms with Gasteiger partial charge in [0.2, 0.25) is 0 Å². The van der Waals surface area contributed by atoms with Gasteiger partial charge in [-0.25, -0.2) is 4.39 Å². The average molecular weight is 381 g/mol. The van der Waals surface area contributed by atoms with Crippen LogP contribution in [-0.2, 0) is 0 Å². The van der Waals surface area contributed by atoms with E-state index in [-0.39, 0.29) is 29.4 Å². The summed E-state index contributed by atoms with van der Waals surface area (Å²) in [6.07, 6.45) is 0. The Morgan fingerprint density at radius 1 is 1.16 bits per heavy atom. The van der Waals surface area contributed by atoms with Gasteiger partial charge in [0.15, 0.2) is 0 Å². The molecule has 25 heavy (non-hydrogen) atoms. The zero-order chi connectivity index (χ0) is 16.7. The first-order valence-electron chi connectivity index (χ1n) is 8.16. The maximum atomic E-state index is 13.7. The van der Waals surface area contributed by atoms with E-state index in [1.807, 2.05) is 23.1 Å². The predicted molar refractivity (Wildman–Crippen MR) is 98.7 cm³/mol. The van der Waals surface area contributed by atoms with Gasteiger partial charge in [-0.15, -0.1) is 12.4 Å². The van der Waals surface area contributed by atoms with Crippen molar-refractivity contribution >= 4 is 29.9 Å². The maximum absolute atomic E-state index is 13.7. The van der Waals surface area contributed by atoms with Gasteiger partial charge in [-0.2, -0.15) is 0 Å². The molecular weight excluding hydrogens is 362 g/mol. The molecule has 6 heteroatoms. The molecule has 2 fully saturated rings. The second-order valence-corrected chi connectivity index (χ2v) is 6.99. The molecule has 2 aromatic rings. The van der Waals surface area contributed by atoms with Crippen LogP contribution in [0.1, 0.15) is 22.0 Å². The standard InChI is InChI=1S/C19H18ClFN2O.ClH/c20-15-6-13(7-16(21)8-15)19(24)23-11-14-9-22-10-17(14)18(23)12-4-2-1-3-5-12;/h1-8,14,17-18,22H,9-11H2;1H/t14-,17-,18-;/m0./s1. The van der Waals surface area contributed by atoms with Crippen LogP contribution >= 0.6 is 24.0 Å². The Hall–Kier alpha value is -1.62. The first-order valence-corrected chi connectivity index (χ1v) is 8.54. The van der Waals surface area contributed by atoms with Gasteiger partial charge in [0, 0.05) is 36.1 Å². The summed E-state index contributed by atoms with van der Waals surface area (Å²) < 4.78 is 13.7. The molecule has 0 bridgehead atoms. The van der Waals surface area contributed by atoms with Crippen molar-refractivity contribution in [3.8, 4) is 0 Å². The minimum atomic E-state index is -0.483. The lowest BCUT2D eigenvalue weighted by Crippen LogP contribution is -2.34. The summed E-state index contributed by atoms with van der Waals surface area (Å²) in [6, 6.07) is 14.1.